The summed E-state index contributed by atoms with van der Waals surface area (Å²) in [5.74, 6) is 5.67. The van der Waals surface area contributed by atoms with E-state index in [1.54, 1.807) is 7.05 Å². The van der Waals surface area contributed by atoms with Gasteiger partial charge in [-0.25, -0.2) is 10.8 Å². The van der Waals surface area contributed by atoms with Crippen LogP contribution >= 0.6 is 0 Å². The zero-order valence-corrected chi connectivity index (χ0v) is 5.18. The zero-order valence-electron chi connectivity index (χ0n) is 5.18. The van der Waals surface area contributed by atoms with Crippen molar-refractivity contribution in [1.29, 1.82) is 5.41 Å². The Morgan fingerprint density at radius 3 is 2.44 bits per heavy atom. The summed E-state index contributed by atoms with van der Waals surface area (Å²) in [6.07, 6.45) is 1.52. The molecule has 9 heavy (non-hydrogen) atoms. The molecule has 1 aliphatic rings. The third-order valence-corrected chi connectivity index (χ3v) is 1.23. The van der Waals surface area contributed by atoms with Crippen molar-refractivity contribution < 1.29 is 4.70 Å². The highest BCUT2D eigenvalue weighted by Crippen LogP contribution is 2.02. The van der Waals surface area contributed by atoms with Crippen molar-refractivity contribution in [2.45, 2.75) is 0 Å². The number of nitrogens with one attached hydrogen (secondary N) is 2. The number of nitrogens with two attached hydrogens (primary N) is 2. The van der Waals surface area contributed by atoms with Gasteiger partial charge in [0, 0.05) is 0 Å². The number of hydrogen-bond donors (Lipinski definition) is 4. The molecule has 5 nitrogen and oxygen atoms in total. The molecule has 1 aliphatic heterocycles. The quantitative estimate of drug-likeness (QED) is 0.239. The van der Waals surface area contributed by atoms with Gasteiger partial charge in [-0.3, -0.25) is 0 Å². The van der Waals surface area contributed by atoms with Crippen LogP contribution in [0.15, 0.2) is 11.9 Å². The summed E-state index contributed by atoms with van der Waals surface area (Å²) in [6, 6.07) is 0. The summed E-state index contributed by atoms with van der Waals surface area (Å²) in [6.45, 7) is 0. The van der Waals surface area contributed by atoms with E-state index in [-0.39, 0.29) is 10.5 Å². The average molecular weight is 128 g/mol. The fourth-order valence-corrected chi connectivity index (χ4v) is 0.605. The van der Waals surface area contributed by atoms with Gasteiger partial charge in [0.1, 0.15) is 12.7 Å². The molecule has 50 valence electrons. The number of likely N-dealkylation sites (N-methyl/N-ethyl adjacent to an activating group) is 1. The van der Waals surface area contributed by atoms with Gasteiger partial charge in [0.25, 0.3) is 5.84 Å². The molecule has 0 amide bonds. The van der Waals surface area contributed by atoms with Crippen LogP contribution in [0.4, 0.5) is 0 Å². The second kappa shape index (κ2) is 1.46. The molecule has 0 saturated heterocycles. The summed E-state index contributed by atoms with van der Waals surface area (Å²) in [5.41, 5.74) is 8.42. The highest BCUT2D eigenvalue weighted by Gasteiger charge is 2.31. The van der Waals surface area contributed by atoms with E-state index in [4.69, 9.17) is 17.0 Å². The average Bonchev–Trinajstić information content (AvgIpc) is 1.97. The Hall–Kier alpha value is -1.07. The monoisotopic (exact) mass is 128 g/mol. The van der Waals surface area contributed by atoms with Gasteiger partial charge in [0.15, 0.2) is 0 Å². The van der Waals surface area contributed by atoms with E-state index in [1.807, 2.05) is 0 Å². The lowest BCUT2D eigenvalue weighted by atomic mass is 10.4. The predicted octanol–water partition coefficient (Wildman–Crippen LogP) is -1.40. The minimum absolute atomic E-state index is 0.161. The highest BCUT2D eigenvalue weighted by molar-refractivity contribution is 5.90. The Labute approximate surface area is 53.0 Å². The smallest absolute Gasteiger partial charge is 0.289 e. The summed E-state index contributed by atoms with van der Waals surface area (Å²) >= 11 is 0. The van der Waals surface area contributed by atoms with E-state index >= 15 is 0 Å². The minimum atomic E-state index is -0.161. The molecule has 0 saturated carbocycles. The van der Waals surface area contributed by atoms with Crippen LogP contribution < -0.4 is 17.0 Å². The normalized spacial score (nSPS) is 34.0. The van der Waals surface area contributed by atoms with E-state index in [0.29, 0.717) is 5.70 Å². The molecule has 0 spiro atoms. The van der Waals surface area contributed by atoms with Crippen molar-refractivity contribution in [2.75, 3.05) is 7.05 Å². The lowest BCUT2D eigenvalue weighted by molar-refractivity contribution is -0.869. The van der Waals surface area contributed by atoms with E-state index in [1.165, 1.54) is 6.20 Å². The lowest BCUT2D eigenvalue weighted by Gasteiger charge is -2.19. The second-order valence-corrected chi connectivity index (χ2v) is 2.15. The second-order valence-electron chi connectivity index (χ2n) is 2.15. The van der Waals surface area contributed by atoms with Crippen molar-refractivity contribution in [1.82, 2.24) is 5.43 Å². The number of amidine groups is 1. The first kappa shape index (κ1) is 6.06. The van der Waals surface area contributed by atoms with Gasteiger partial charge < -0.3 is 5.73 Å². The molecule has 0 radical (unpaired) electrons. The van der Waals surface area contributed by atoms with Crippen LogP contribution in [0.2, 0.25) is 0 Å². The lowest BCUT2D eigenvalue weighted by Crippen LogP contribution is -2.59. The predicted molar refractivity (Wildman–Crippen MR) is 33.5 cm³/mol. The Bertz CT molecular complexity index is 179. The Morgan fingerprint density at radius 1 is 1.78 bits per heavy atom. The van der Waals surface area contributed by atoms with Crippen molar-refractivity contribution in [2.24, 2.45) is 11.6 Å². The maximum absolute atomic E-state index is 7.25. The third kappa shape index (κ3) is 0.756. The van der Waals surface area contributed by atoms with Gasteiger partial charge in [-0.2, -0.15) is 0 Å². The summed E-state index contributed by atoms with van der Waals surface area (Å²) in [7, 11) is 1.64. The highest BCUT2D eigenvalue weighted by atomic mass is 15.8. The first-order chi connectivity index (χ1) is 4.04. The molecule has 0 fully saturated rings. The molecule has 0 bridgehead atoms. The molecular formula is C4H10N5+. The topological polar surface area (TPSA) is 87.9 Å². The van der Waals surface area contributed by atoms with Gasteiger partial charge in [0.2, 0.25) is 0 Å². The molecule has 5 heteroatoms. The Morgan fingerprint density at radius 2 is 2.33 bits per heavy atom. The first-order valence-electron chi connectivity index (χ1n) is 2.52. The van der Waals surface area contributed by atoms with Crippen LogP contribution in [0.3, 0.4) is 0 Å². The fourth-order valence-electron chi connectivity index (χ4n) is 0.605. The molecule has 0 aromatic heterocycles. The summed E-state index contributed by atoms with van der Waals surface area (Å²) < 4.78 is -0.161. The van der Waals surface area contributed by atoms with Crippen molar-refractivity contribution in [3.05, 3.63) is 11.9 Å². The largest absolute Gasteiger partial charge is 0.391 e. The summed E-state index contributed by atoms with van der Waals surface area (Å²) in [5, 5.41) is 7.25. The maximum Gasteiger partial charge on any atom is 0.289 e. The van der Waals surface area contributed by atoms with Crippen molar-refractivity contribution in [3.8, 4) is 0 Å². The van der Waals surface area contributed by atoms with Crippen LogP contribution in [0.5, 0.6) is 0 Å². The van der Waals surface area contributed by atoms with Gasteiger partial charge in [-0.15, -0.1) is 10.5 Å². The molecule has 1 unspecified atom stereocenters. The van der Waals surface area contributed by atoms with E-state index in [2.05, 4.69) is 5.43 Å². The SMILES string of the molecule is C[N+]1(N)NC=C(N)C1=N. The third-order valence-electron chi connectivity index (χ3n) is 1.23. The zero-order chi connectivity index (χ0) is 7.07. The van der Waals surface area contributed by atoms with Crippen LogP contribution in [0, 0.1) is 5.41 Å². The van der Waals surface area contributed by atoms with E-state index in [9.17, 15) is 0 Å². The standard InChI is InChI=1S/C4H10N5/c1-9(7)4(6)3(5)2-8-9/h2,6,8H,5,7H2,1H3/q+1. The Kier molecular flexibility index (Phi) is 0.981. The number of quaternary nitrogens is 1. The molecule has 0 aliphatic carbocycles. The van der Waals surface area contributed by atoms with Crippen LogP contribution in [-0.2, 0) is 0 Å². The molecule has 0 aromatic rings. The first-order valence-corrected chi connectivity index (χ1v) is 2.52. The van der Waals surface area contributed by atoms with Gasteiger partial charge in [-0.05, 0) is 0 Å². The molecule has 1 atom stereocenters. The molecule has 1 heterocycles. The fraction of sp³-hybridized carbons (Fsp3) is 0.250. The Balaban J connectivity index is 2.86. The van der Waals surface area contributed by atoms with Gasteiger partial charge >= 0.3 is 0 Å². The minimum Gasteiger partial charge on any atom is -0.391 e. The maximum atomic E-state index is 7.25. The molecule has 1 rings (SSSR count). The van der Waals surface area contributed by atoms with Gasteiger partial charge in [0.05, 0.1) is 6.20 Å². The van der Waals surface area contributed by atoms with Crippen molar-refractivity contribution in [3.63, 3.8) is 0 Å². The number of hydrogen-bond acceptors (Lipinski definition) is 4. The number of rotatable bonds is 0. The molecule has 6 N–H and O–H groups in total. The molecule has 0 aromatic carbocycles. The van der Waals surface area contributed by atoms with Crippen LogP contribution in [0.1, 0.15) is 0 Å². The van der Waals surface area contributed by atoms with Gasteiger partial charge in [-0.1, -0.05) is 0 Å². The summed E-state index contributed by atoms with van der Waals surface area (Å²) in [4.78, 5) is 0. The van der Waals surface area contributed by atoms with E-state index in [0.717, 1.165) is 0 Å². The van der Waals surface area contributed by atoms with Crippen molar-refractivity contribution >= 4 is 5.84 Å². The van der Waals surface area contributed by atoms with Crippen LogP contribution in [-0.4, -0.2) is 17.6 Å². The van der Waals surface area contributed by atoms with Crippen LogP contribution in [0.25, 0.3) is 0 Å². The van der Waals surface area contributed by atoms with E-state index < -0.39 is 0 Å². The molecular weight excluding hydrogens is 118 g/mol. The number of nitrogens with zero attached hydrogens (tertiary/aromatic N) is 1.